The van der Waals surface area contributed by atoms with Gasteiger partial charge in [-0.3, -0.25) is 4.79 Å². The summed E-state index contributed by atoms with van der Waals surface area (Å²) in [6.07, 6.45) is 1.39. The summed E-state index contributed by atoms with van der Waals surface area (Å²) in [6.45, 7) is 0. The molecule has 0 fully saturated rings. The number of phenolic OH excluding ortho intramolecular Hbond substituents is 1. The van der Waals surface area contributed by atoms with Crippen LogP contribution in [0.4, 0.5) is 0 Å². The van der Waals surface area contributed by atoms with Gasteiger partial charge in [0.1, 0.15) is 17.3 Å². The maximum Gasteiger partial charge on any atom is 0.275 e. The summed E-state index contributed by atoms with van der Waals surface area (Å²) in [5.74, 6) is 0.541. The molecule has 0 unspecified atom stereocenters. The number of aromatic hydroxyl groups is 1. The summed E-state index contributed by atoms with van der Waals surface area (Å²) in [6, 6.07) is 17.0. The van der Waals surface area contributed by atoms with Crippen molar-refractivity contribution < 1.29 is 14.3 Å². The summed E-state index contributed by atoms with van der Waals surface area (Å²) in [4.78, 5) is 11.9. The van der Waals surface area contributed by atoms with Gasteiger partial charge in [0.15, 0.2) is 0 Å². The third kappa shape index (κ3) is 3.64. The minimum atomic E-state index is -0.506. The fraction of sp³-hybridized carbons (Fsp3) is 0. The second-order valence-electron chi connectivity index (χ2n) is 4.93. The van der Waals surface area contributed by atoms with Crippen molar-refractivity contribution in [1.29, 1.82) is 0 Å². The average Bonchev–Trinajstić information content (AvgIpc) is 3.04. The summed E-state index contributed by atoms with van der Waals surface area (Å²) in [5, 5.41) is 14.1. The molecule has 1 amide bonds. The van der Waals surface area contributed by atoms with Crippen molar-refractivity contribution in [3.8, 4) is 17.1 Å². The average molecular weight is 341 g/mol. The highest BCUT2D eigenvalue weighted by Crippen LogP contribution is 2.23. The Morgan fingerprint density at radius 1 is 1.08 bits per heavy atom. The summed E-state index contributed by atoms with van der Waals surface area (Å²) < 4.78 is 5.63. The Bertz CT molecular complexity index is 885. The molecule has 0 saturated carbocycles. The molecule has 5 nitrogen and oxygen atoms in total. The normalized spacial score (nSPS) is 10.9. The van der Waals surface area contributed by atoms with Crippen LogP contribution in [0, 0.1) is 0 Å². The molecular weight excluding hydrogens is 328 g/mol. The number of halogens is 1. The SMILES string of the molecule is O=C(N/N=C\c1ccc(-c2ccc(Cl)cc2)o1)c1ccccc1O. The largest absolute Gasteiger partial charge is 0.507 e. The van der Waals surface area contributed by atoms with Gasteiger partial charge in [0, 0.05) is 10.6 Å². The zero-order chi connectivity index (χ0) is 16.9. The van der Waals surface area contributed by atoms with Crippen LogP contribution in [-0.4, -0.2) is 17.2 Å². The maximum absolute atomic E-state index is 11.9. The van der Waals surface area contributed by atoms with Crippen LogP contribution in [-0.2, 0) is 0 Å². The van der Waals surface area contributed by atoms with Gasteiger partial charge in [-0.05, 0) is 48.5 Å². The summed E-state index contributed by atoms with van der Waals surface area (Å²) in [5.41, 5.74) is 3.37. The Kier molecular flexibility index (Phi) is 4.63. The number of para-hydroxylation sites is 1. The Labute approximate surface area is 143 Å². The molecule has 2 aromatic carbocycles. The van der Waals surface area contributed by atoms with Crippen molar-refractivity contribution in [2.45, 2.75) is 0 Å². The van der Waals surface area contributed by atoms with Crippen molar-refractivity contribution in [3.63, 3.8) is 0 Å². The van der Waals surface area contributed by atoms with Crippen molar-refractivity contribution in [3.05, 3.63) is 77.0 Å². The molecule has 0 bridgehead atoms. The highest BCUT2D eigenvalue weighted by Gasteiger charge is 2.09. The number of carbonyl (C=O) groups is 1. The van der Waals surface area contributed by atoms with Gasteiger partial charge in [-0.2, -0.15) is 5.10 Å². The van der Waals surface area contributed by atoms with Crippen molar-refractivity contribution in [2.24, 2.45) is 5.10 Å². The fourth-order valence-electron chi connectivity index (χ4n) is 2.07. The van der Waals surface area contributed by atoms with Crippen LogP contribution in [0.15, 0.2) is 70.2 Å². The minimum absolute atomic E-state index is 0.103. The van der Waals surface area contributed by atoms with E-state index in [9.17, 15) is 9.90 Å². The lowest BCUT2D eigenvalue weighted by Gasteiger charge is -2.01. The first-order valence-electron chi connectivity index (χ1n) is 7.10. The number of rotatable bonds is 4. The summed E-state index contributed by atoms with van der Waals surface area (Å²) >= 11 is 5.85. The number of phenols is 1. The molecule has 6 heteroatoms. The van der Waals surface area contributed by atoms with E-state index in [1.165, 1.54) is 18.3 Å². The van der Waals surface area contributed by atoms with Crippen LogP contribution >= 0.6 is 11.6 Å². The van der Waals surface area contributed by atoms with Crippen LogP contribution < -0.4 is 5.43 Å². The van der Waals surface area contributed by atoms with Crippen LogP contribution in [0.1, 0.15) is 16.1 Å². The molecular formula is C18H13ClN2O3. The van der Waals surface area contributed by atoms with Crippen LogP contribution in [0.3, 0.4) is 0 Å². The first-order valence-corrected chi connectivity index (χ1v) is 7.48. The number of amides is 1. The second-order valence-corrected chi connectivity index (χ2v) is 5.36. The van der Waals surface area contributed by atoms with E-state index in [0.29, 0.717) is 16.5 Å². The molecule has 0 aliphatic rings. The minimum Gasteiger partial charge on any atom is -0.507 e. The third-order valence-corrected chi connectivity index (χ3v) is 3.51. The van der Waals surface area contributed by atoms with Gasteiger partial charge in [0.05, 0.1) is 11.8 Å². The van der Waals surface area contributed by atoms with Crippen LogP contribution in [0.5, 0.6) is 5.75 Å². The topological polar surface area (TPSA) is 74.8 Å². The molecule has 0 aliphatic carbocycles. The molecule has 120 valence electrons. The zero-order valence-electron chi connectivity index (χ0n) is 12.4. The van der Waals surface area contributed by atoms with E-state index in [4.69, 9.17) is 16.0 Å². The Hall–Kier alpha value is -3.05. The Morgan fingerprint density at radius 2 is 1.83 bits per heavy atom. The lowest BCUT2D eigenvalue weighted by Crippen LogP contribution is -2.17. The van der Waals surface area contributed by atoms with Gasteiger partial charge in [-0.15, -0.1) is 0 Å². The molecule has 24 heavy (non-hydrogen) atoms. The third-order valence-electron chi connectivity index (χ3n) is 3.26. The summed E-state index contributed by atoms with van der Waals surface area (Å²) in [7, 11) is 0. The lowest BCUT2D eigenvalue weighted by molar-refractivity contribution is 0.0952. The predicted molar refractivity (Wildman–Crippen MR) is 92.3 cm³/mol. The number of hydrogen-bond acceptors (Lipinski definition) is 4. The predicted octanol–water partition coefficient (Wildman–Crippen LogP) is 4.07. The number of hydrazone groups is 1. The Balaban J connectivity index is 1.66. The van der Waals surface area contributed by atoms with Gasteiger partial charge >= 0.3 is 0 Å². The first kappa shape index (κ1) is 15.8. The monoisotopic (exact) mass is 340 g/mol. The van der Waals surface area contributed by atoms with Crippen molar-refractivity contribution in [1.82, 2.24) is 5.43 Å². The molecule has 0 saturated heterocycles. The molecule has 3 aromatic rings. The highest BCUT2D eigenvalue weighted by molar-refractivity contribution is 6.30. The smallest absolute Gasteiger partial charge is 0.275 e. The lowest BCUT2D eigenvalue weighted by atomic mass is 10.2. The van der Waals surface area contributed by atoms with Crippen LogP contribution in [0.25, 0.3) is 11.3 Å². The zero-order valence-corrected chi connectivity index (χ0v) is 13.2. The quantitative estimate of drug-likeness (QED) is 0.555. The molecule has 1 aromatic heterocycles. The molecule has 2 N–H and O–H groups in total. The molecule has 0 aliphatic heterocycles. The van der Waals surface area contributed by atoms with Crippen molar-refractivity contribution in [2.75, 3.05) is 0 Å². The van der Waals surface area contributed by atoms with Crippen molar-refractivity contribution >= 4 is 23.7 Å². The fourth-order valence-corrected chi connectivity index (χ4v) is 2.20. The van der Waals surface area contributed by atoms with Gasteiger partial charge in [0.25, 0.3) is 5.91 Å². The molecule has 3 rings (SSSR count). The standard InChI is InChI=1S/C18H13ClN2O3/c19-13-7-5-12(6-8-13)17-10-9-14(24-17)11-20-21-18(23)15-3-1-2-4-16(15)22/h1-11,22H,(H,21,23)/b20-11-. The number of nitrogens with zero attached hydrogens (tertiary/aromatic N) is 1. The first-order chi connectivity index (χ1) is 11.6. The number of nitrogens with one attached hydrogen (secondary N) is 1. The van der Waals surface area contributed by atoms with Gasteiger partial charge in [-0.1, -0.05) is 23.7 Å². The number of carbonyl (C=O) groups excluding carboxylic acids is 1. The van der Waals surface area contributed by atoms with E-state index in [1.54, 1.807) is 36.4 Å². The molecule has 1 heterocycles. The van der Waals surface area contributed by atoms with E-state index >= 15 is 0 Å². The van der Waals surface area contributed by atoms with E-state index in [2.05, 4.69) is 10.5 Å². The van der Waals surface area contributed by atoms with E-state index < -0.39 is 5.91 Å². The van der Waals surface area contributed by atoms with Crippen LogP contribution in [0.2, 0.25) is 5.02 Å². The van der Waals surface area contributed by atoms with E-state index in [0.717, 1.165) is 5.56 Å². The van der Waals surface area contributed by atoms with E-state index in [-0.39, 0.29) is 11.3 Å². The number of furan rings is 1. The van der Waals surface area contributed by atoms with Gasteiger partial charge in [-0.25, -0.2) is 5.43 Å². The van der Waals surface area contributed by atoms with Gasteiger partial charge in [0.2, 0.25) is 0 Å². The second kappa shape index (κ2) is 7.02. The van der Waals surface area contributed by atoms with E-state index in [1.807, 2.05) is 12.1 Å². The molecule has 0 radical (unpaired) electrons. The Morgan fingerprint density at radius 3 is 2.58 bits per heavy atom. The maximum atomic E-state index is 11.9. The molecule has 0 atom stereocenters. The number of benzene rings is 2. The molecule has 0 spiro atoms. The van der Waals surface area contributed by atoms with Gasteiger partial charge < -0.3 is 9.52 Å². The highest BCUT2D eigenvalue weighted by atomic mass is 35.5. The number of hydrogen-bond donors (Lipinski definition) is 2.